The SMILES string of the molecule is C=C[CH2-].CC(C)[PH+](C(C)C)C(C)C.[Br][Pd+]. The Hall–Kier alpha value is 1.18. The van der Waals surface area contributed by atoms with Crippen molar-refractivity contribution in [3.8, 4) is 0 Å². The summed E-state index contributed by atoms with van der Waals surface area (Å²) >= 11 is 5.35. The fourth-order valence-electron chi connectivity index (χ4n) is 2.00. The Morgan fingerprint density at radius 1 is 1.00 bits per heavy atom. The van der Waals surface area contributed by atoms with Crippen LogP contribution >= 0.6 is 21.4 Å². The Morgan fingerprint density at radius 2 is 1.13 bits per heavy atom. The summed E-state index contributed by atoms with van der Waals surface area (Å²) < 4.78 is 0. The first-order valence-corrected chi connectivity index (χ1v) is 10.6. The van der Waals surface area contributed by atoms with Crippen LogP contribution < -0.4 is 0 Å². The van der Waals surface area contributed by atoms with Gasteiger partial charge in [0.2, 0.25) is 0 Å². The molecule has 0 aromatic rings. The van der Waals surface area contributed by atoms with E-state index in [1.165, 1.54) is 6.08 Å². The third-order valence-corrected chi connectivity index (χ3v) is 6.00. The summed E-state index contributed by atoms with van der Waals surface area (Å²) in [5.74, 6) is 0. The molecule has 0 aliphatic rings. The molecule has 0 spiro atoms. The molecule has 96 valence electrons. The number of halogens is 1. The number of allylic oxidation sites excluding steroid dienone is 1. The molecule has 0 N–H and O–H groups in total. The first-order chi connectivity index (χ1) is 6.88. The molecule has 0 aromatic heterocycles. The molecule has 0 aliphatic heterocycles. The van der Waals surface area contributed by atoms with Gasteiger partial charge in [0.25, 0.3) is 0 Å². The van der Waals surface area contributed by atoms with Crippen LogP contribution in [-0.2, 0) is 17.2 Å². The van der Waals surface area contributed by atoms with E-state index >= 15 is 0 Å². The third-order valence-electron chi connectivity index (χ3n) is 2.00. The average Bonchev–Trinajstić information content (AvgIpc) is 2.06. The van der Waals surface area contributed by atoms with E-state index in [1.807, 2.05) is 0 Å². The molecule has 0 rings (SSSR count). The van der Waals surface area contributed by atoms with Crippen molar-refractivity contribution in [3.63, 3.8) is 0 Å². The zero-order chi connectivity index (χ0) is 13.0. The zero-order valence-corrected chi connectivity index (χ0v) is 15.1. The molecular weight excluding hydrogens is 361 g/mol. The molecule has 15 heavy (non-hydrogen) atoms. The zero-order valence-electron chi connectivity index (χ0n) is 10.9. The van der Waals surface area contributed by atoms with Crippen molar-refractivity contribution in [1.29, 1.82) is 0 Å². The summed E-state index contributed by atoms with van der Waals surface area (Å²) in [4.78, 5) is 0. The Balaban J connectivity index is -0.000000245. The van der Waals surface area contributed by atoms with E-state index in [2.05, 4.69) is 85.7 Å². The van der Waals surface area contributed by atoms with Gasteiger partial charge in [-0.2, -0.15) is 0 Å². The molecule has 0 aliphatic carbocycles. The van der Waals surface area contributed by atoms with Gasteiger partial charge in [-0.3, -0.25) is 0 Å². The van der Waals surface area contributed by atoms with Gasteiger partial charge in [0.15, 0.2) is 0 Å². The van der Waals surface area contributed by atoms with Crippen molar-refractivity contribution in [2.45, 2.75) is 58.5 Å². The second-order valence-corrected chi connectivity index (χ2v) is 8.72. The van der Waals surface area contributed by atoms with Gasteiger partial charge < -0.3 is 0 Å². The minimum atomic E-state index is -0.0957. The van der Waals surface area contributed by atoms with Gasteiger partial charge in [-0.15, -0.1) is 0 Å². The Kier molecular flexibility index (Phi) is 21.7. The van der Waals surface area contributed by atoms with E-state index in [0.29, 0.717) is 0 Å². The van der Waals surface area contributed by atoms with Crippen LogP contribution in [0, 0.1) is 6.92 Å². The molecule has 0 saturated heterocycles. The number of hydrogen-bond donors (Lipinski definition) is 0. The van der Waals surface area contributed by atoms with Gasteiger partial charge in [0.05, 0.1) is 17.0 Å². The van der Waals surface area contributed by atoms with Crippen LogP contribution in [0.3, 0.4) is 0 Å². The summed E-state index contributed by atoms with van der Waals surface area (Å²) in [6.07, 6.45) is 1.50. The summed E-state index contributed by atoms with van der Waals surface area (Å²) in [5, 5.41) is 0. The predicted molar refractivity (Wildman–Crippen MR) is 78.2 cm³/mol. The van der Waals surface area contributed by atoms with Crippen molar-refractivity contribution < 1.29 is 17.2 Å². The van der Waals surface area contributed by atoms with Crippen LogP contribution in [0.25, 0.3) is 0 Å². The fraction of sp³-hybridized carbons (Fsp3) is 0.750. The van der Waals surface area contributed by atoms with Gasteiger partial charge in [-0.05, 0) is 41.5 Å². The van der Waals surface area contributed by atoms with Crippen molar-refractivity contribution >= 4 is 21.4 Å². The number of rotatable bonds is 3. The van der Waals surface area contributed by atoms with Gasteiger partial charge in [0, 0.05) is 7.92 Å². The van der Waals surface area contributed by atoms with Gasteiger partial charge in [-0.1, -0.05) is 0 Å². The Bertz CT molecular complexity index is 106. The van der Waals surface area contributed by atoms with Crippen LogP contribution in [-0.4, -0.2) is 17.0 Å². The predicted octanol–water partition coefficient (Wildman–Crippen LogP) is 5.28. The fourth-order valence-corrected chi connectivity index (χ4v) is 6.00. The molecule has 3 heteroatoms. The Labute approximate surface area is 116 Å². The van der Waals surface area contributed by atoms with Gasteiger partial charge in [-0.25, -0.2) is 19.6 Å². The minimum absolute atomic E-state index is 0.0957. The summed E-state index contributed by atoms with van der Waals surface area (Å²) in [7, 11) is -0.0957. The van der Waals surface area contributed by atoms with Crippen LogP contribution in [0.2, 0.25) is 0 Å². The standard InChI is InChI=1S/C9H21P.C3H5.BrH.Pd/c1-7(2)10(8(3)4)9(5)6;1-3-2;;/h7-9H,1-6H3;3H,1-2H2;1H;/q;-1;;+2. The topological polar surface area (TPSA) is 0 Å². The van der Waals surface area contributed by atoms with E-state index < -0.39 is 0 Å². The molecule has 0 nitrogen and oxygen atoms in total. The van der Waals surface area contributed by atoms with Crippen molar-refractivity contribution in [3.05, 3.63) is 19.6 Å². The molecule has 0 amide bonds. The molecule has 0 unspecified atom stereocenters. The van der Waals surface area contributed by atoms with Crippen LogP contribution in [0.15, 0.2) is 12.7 Å². The molecule has 0 fully saturated rings. The molecule has 0 aromatic carbocycles. The quantitative estimate of drug-likeness (QED) is 0.351. The van der Waals surface area contributed by atoms with E-state index in [0.717, 1.165) is 17.0 Å². The van der Waals surface area contributed by atoms with Crippen molar-refractivity contribution in [2.24, 2.45) is 0 Å². The summed E-state index contributed by atoms with van der Waals surface area (Å²) in [6, 6.07) is 0. The van der Waals surface area contributed by atoms with Crippen LogP contribution in [0.5, 0.6) is 0 Å². The monoisotopic (exact) mass is 387 g/mol. The second-order valence-electron chi connectivity index (χ2n) is 4.25. The third kappa shape index (κ3) is 15.2. The summed E-state index contributed by atoms with van der Waals surface area (Å²) in [5.41, 5.74) is 2.81. The molecular formula is C12H27BrPPd+. The molecule has 0 atom stereocenters. The molecule has 0 saturated carbocycles. The Morgan fingerprint density at radius 3 is 1.13 bits per heavy atom. The average molecular weight is 389 g/mol. The van der Waals surface area contributed by atoms with E-state index in [-0.39, 0.29) is 7.92 Å². The van der Waals surface area contributed by atoms with E-state index in [4.69, 9.17) is 0 Å². The maximum atomic E-state index is 3.25. The van der Waals surface area contributed by atoms with Crippen LogP contribution in [0.1, 0.15) is 41.5 Å². The maximum absolute atomic E-state index is 3.25. The molecule has 0 bridgehead atoms. The van der Waals surface area contributed by atoms with Crippen molar-refractivity contribution in [1.82, 2.24) is 0 Å². The first-order valence-electron chi connectivity index (χ1n) is 5.27. The first kappa shape index (κ1) is 21.5. The number of hydrogen-bond acceptors (Lipinski definition) is 0. The van der Waals surface area contributed by atoms with Crippen molar-refractivity contribution in [2.75, 3.05) is 0 Å². The molecule has 0 radical (unpaired) electrons. The normalized spacial score (nSPS) is 9.67. The summed E-state index contributed by atoms with van der Waals surface area (Å²) in [6.45, 7) is 20.7. The van der Waals surface area contributed by atoms with Gasteiger partial charge in [0.1, 0.15) is 0 Å². The van der Waals surface area contributed by atoms with E-state index in [9.17, 15) is 0 Å². The van der Waals surface area contributed by atoms with Crippen LogP contribution in [0.4, 0.5) is 0 Å². The molecule has 0 heterocycles. The second kappa shape index (κ2) is 15.2. The van der Waals surface area contributed by atoms with Gasteiger partial charge >= 0.3 is 30.6 Å². The van der Waals surface area contributed by atoms with E-state index in [1.54, 1.807) is 0 Å².